The number of aryl methyl sites for hydroxylation is 1. The number of hydrogen-bond acceptors (Lipinski definition) is 4. The number of nitrogens with one attached hydrogen (secondary N) is 1. The van der Waals surface area contributed by atoms with Crippen LogP contribution in [-0.2, 0) is 19.1 Å². The predicted molar refractivity (Wildman–Crippen MR) is 78.0 cm³/mol. The summed E-state index contributed by atoms with van der Waals surface area (Å²) in [4.78, 5) is 35.8. The fourth-order valence-corrected chi connectivity index (χ4v) is 2.25. The van der Waals surface area contributed by atoms with E-state index in [0.717, 1.165) is 17.7 Å². The number of rotatable bonds is 4. The van der Waals surface area contributed by atoms with Crippen LogP contribution in [0.5, 0.6) is 0 Å². The molecule has 1 fully saturated rings. The van der Waals surface area contributed by atoms with E-state index in [-0.39, 0.29) is 12.5 Å². The molecule has 1 aromatic carbocycles. The summed E-state index contributed by atoms with van der Waals surface area (Å²) in [7, 11) is 0. The molecule has 1 heterocycles. The van der Waals surface area contributed by atoms with Crippen molar-refractivity contribution < 1.29 is 19.1 Å². The molecule has 0 aromatic heterocycles. The molecule has 0 bridgehead atoms. The first-order chi connectivity index (χ1) is 9.97. The van der Waals surface area contributed by atoms with Gasteiger partial charge in [-0.25, -0.2) is 0 Å². The Morgan fingerprint density at radius 2 is 2.14 bits per heavy atom. The highest BCUT2D eigenvalue weighted by Gasteiger charge is 2.23. The number of benzene rings is 1. The lowest BCUT2D eigenvalue weighted by atomic mass is 10.1. The Labute approximate surface area is 123 Å². The summed E-state index contributed by atoms with van der Waals surface area (Å²) in [6, 6.07) is 5.37. The monoisotopic (exact) mass is 290 g/mol. The maximum Gasteiger partial charge on any atom is 0.303 e. The third-order valence-corrected chi connectivity index (χ3v) is 3.26. The number of hydrogen-bond donors (Lipinski definition) is 1. The van der Waals surface area contributed by atoms with Crippen molar-refractivity contribution in [3.63, 3.8) is 0 Å². The van der Waals surface area contributed by atoms with Crippen LogP contribution in [0.3, 0.4) is 0 Å². The Hall–Kier alpha value is -2.37. The van der Waals surface area contributed by atoms with Gasteiger partial charge in [0.15, 0.2) is 6.61 Å². The van der Waals surface area contributed by atoms with Gasteiger partial charge in [-0.15, -0.1) is 0 Å². The lowest BCUT2D eigenvalue weighted by Gasteiger charge is -2.19. The van der Waals surface area contributed by atoms with Crippen molar-refractivity contribution in [1.82, 2.24) is 0 Å². The normalized spacial score (nSPS) is 14.2. The minimum absolute atomic E-state index is 0.0986. The highest BCUT2D eigenvalue weighted by Crippen LogP contribution is 2.28. The minimum atomic E-state index is -0.502. The second-order valence-corrected chi connectivity index (χ2v) is 4.98. The van der Waals surface area contributed by atoms with E-state index in [2.05, 4.69) is 10.1 Å². The summed E-state index contributed by atoms with van der Waals surface area (Å²) < 4.78 is 4.63. The topological polar surface area (TPSA) is 75.7 Å². The van der Waals surface area contributed by atoms with Crippen LogP contribution in [0.25, 0.3) is 0 Å². The standard InChI is InChI=1S/C15H18N2O4/c1-10-5-6-12(16-14(19)9-21-11(2)18)8-13(10)17-7-3-4-15(17)20/h5-6,8H,3-4,7,9H2,1-2H3,(H,16,19). The molecule has 112 valence electrons. The molecule has 1 saturated heterocycles. The molecular weight excluding hydrogens is 272 g/mol. The summed E-state index contributed by atoms with van der Waals surface area (Å²) in [5.41, 5.74) is 2.36. The molecule has 2 amide bonds. The summed E-state index contributed by atoms with van der Waals surface area (Å²) >= 11 is 0. The largest absolute Gasteiger partial charge is 0.456 e. The molecule has 0 spiro atoms. The van der Waals surface area contributed by atoms with Crippen molar-refractivity contribution in [2.45, 2.75) is 26.7 Å². The summed E-state index contributed by atoms with van der Waals surface area (Å²) in [5.74, 6) is -0.813. The first-order valence-electron chi connectivity index (χ1n) is 6.81. The zero-order valence-electron chi connectivity index (χ0n) is 12.1. The van der Waals surface area contributed by atoms with Crippen molar-refractivity contribution in [3.05, 3.63) is 23.8 Å². The maximum atomic E-state index is 11.8. The number of nitrogens with zero attached hydrogens (tertiary/aromatic N) is 1. The molecule has 0 saturated carbocycles. The van der Waals surface area contributed by atoms with Crippen LogP contribution in [0.1, 0.15) is 25.3 Å². The second kappa shape index (κ2) is 6.39. The Balaban J connectivity index is 2.09. The van der Waals surface area contributed by atoms with E-state index in [9.17, 15) is 14.4 Å². The number of esters is 1. The smallest absolute Gasteiger partial charge is 0.303 e. The zero-order valence-corrected chi connectivity index (χ0v) is 12.1. The van der Waals surface area contributed by atoms with E-state index < -0.39 is 11.9 Å². The molecule has 21 heavy (non-hydrogen) atoms. The summed E-state index contributed by atoms with van der Waals surface area (Å²) in [6.07, 6.45) is 1.41. The van der Waals surface area contributed by atoms with Gasteiger partial charge in [0.1, 0.15) is 0 Å². The lowest BCUT2D eigenvalue weighted by molar-refractivity contribution is -0.144. The Bertz CT molecular complexity index is 583. The van der Waals surface area contributed by atoms with Crippen molar-refractivity contribution in [2.24, 2.45) is 0 Å². The first-order valence-corrected chi connectivity index (χ1v) is 6.81. The Morgan fingerprint density at radius 3 is 2.76 bits per heavy atom. The molecule has 0 aliphatic carbocycles. The van der Waals surface area contributed by atoms with Crippen molar-refractivity contribution in [1.29, 1.82) is 0 Å². The molecule has 6 nitrogen and oxygen atoms in total. The number of ether oxygens (including phenoxy) is 1. The molecule has 1 aliphatic heterocycles. The molecule has 1 N–H and O–H groups in total. The van der Waals surface area contributed by atoms with Gasteiger partial charge in [0.2, 0.25) is 5.91 Å². The van der Waals surface area contributed by atoms with E-state index in [4.69, 9.17) is 0 Å². The van der Waals surface area contributed by atoms with Crippen molar-refractivity contribution in [3.8, 4) is 0 Å². The third kappa shape index (κ3) is 3.81. The number of amides is 2. The average Bonchev–Trinajstić information content (AvgIpc) is 2.85. The average molecular weight is 290 g/mol. The fraction of sp³-hybridized carbons (Fsp3) is 0.400. The van der Waals surface area contributed by atoms with Gasteiger partial charge in [-0.3, -0.25) is 14.4 Å². The SMILES string of the molecule is CC(=O)OCC(=O)Nc1ccc(C)c(N2CCCC2=O)c1. The molecule has 6 heteroatoms. The maximum absolute atomic E-state index is 11.8. The molecule has 1 aliphatic rings. The third-order valence-electron chi connectivity index (χ3n) is 3.26. The van der Waals surface area contributed by atoms with E-state index in [1.54, 1.807) is 17.0 Å². The molecular formula is C15H18N2O4. The first kappa shape index (κ1) is 15.0. The molecule has 0 radical (unpaired) electrons. The number of carbonyl (C=O) groups excluding carboxylic acids is 3. The molecule has 2 rings (SSSR count). The quantitative estimate of drug-likeness (QED) is 0.855. The molecule has 1 aromatic rings. The van der Waals surface area contributed by atoms with E-state index in [0.29, 0.717) is 18.7 Å². The summed E-state index contributed by atoms with van der Waals surface area (Å²) in [5, 5.41) is 2.65. The zero-order chi connectivity index (χ0) is 15.4. The Kier molecular flexibility index (Phi) is 4.57. The van der Waals surface area contributed by atoms with Crippen LogP contribution >= 0.6 is 0 Å². The Morgan fingerprint density at radius 1 is 1.38 bits per heavy atom. The van der Waals surface area contributed by atoms with Crippen LogP contribution in [0.15, 0.2) is 18.2 Å². The van der Waals surface area contributed by atoms with E-state index in [1.807, 2.05) is 13.0 Å². The van der Waals surface area contributed by atoms with E-state index >= 15 is 0 Å². The van der Waals surface area contributed by atoms with Crippen LogP contribution < -0.4 is 10.2 Å². The van der Waals surface area contributed by atoms with Crippen LogP contribution in [0.2, 0.25) is 0 Å². The van der Waals surface area contributed by atoms with Gasteiger partial charge < -0.3 is 15.0 Å². The van der Waals surface area contributed by atoms with Crippen LogP contribution in [0.4, 0.5) is 11.4 Å². The van der Waals surface area contributed by atoms with Gasteiger partial charge in [-0.05, 0) is 31.0 Å². The molecule has 0 unspecified atom stereocenters. The lowest BCUT2D eigenvalue weighted by Crippen LogP contribution is -2.25. The van der Waals surface area contributed by atoms with Crippen LogP contribution in [0, 0.1) is 6.92 Å². The molecule has 0 atom stereocenters. The van der Waals surface area contributed by atoms with Gasteiger partial charge in [0.25, 0.3) is 5.91 Å². The van der Waals surface area contributed by atoms with Gasteiger partial charge >= 0.3 is 5.97 Å². The predicted octanol–water partition coefficient (Wildman–Crippen LogP) is 1.62. The fourth-order valence-electron chi connectivity index (χ4n) is 2.25. The number of anilines is 2. The van der Waals surface area contributed by atoms with Crippen molar-refractivity contribution in [2.75, 3.05) is 23.4 Å². The highest BCUT2D eigenvalue weighted by molar-refractivity contribution is 5.98. The van der Waals surface area contributed by atoms with Gasteiger partial charge in [-0.2, -0.15) is 0 Å². The highest BCUT2D eigenvalue weighted by atomic mass is 16.5. The van der Waals surface area contributed by atoms with Gasteiger partial charge in [0, 0.05) is 31.3 Å². The van der Waals surface area contributed by atoms with Crippen molar-refractivity contribution >= 4 is 29.2 Å². The van der Waals surface area contributed by atoms with Crippen LogP contribution in [-0.4, -0.2) is 30.9 Å². The minimum Gasteiger partial charge on any atom is -0.456 e. The number of carbonyl (C=O) groups is 3. The summed E-state index contributed by atoms with van der Waals surface area (Å²) in [6.45, 7) is 3.55. The van der Waals surface area contributed by atoms with Gasteiger partial charge in [-0.1, -0.05) is 6.07 Å². The van der Waals surface area contributed by atoms with Gasteiger partial charge in [0.05, 0.1) is 0 Å². The second-order valence-electron chi connectivity index (χ2n) is 4.98. The van der Waals surface area contributed by atoms with E-state index in [1.165, 1.54) is 6.92 Å².